The average Bonchev–Trinajstić information content (AvgIpc) is 3.14. The molecule has 1 N–H and O–H groups in total. The molecule has 1 aliphatic rings. The second-order valence-corrected chi connectivity index (χ2v) is 6.88. The Balaban J connectivity index is 1.67. The van der Waals surface area contributed by atoms with Crippen LogP contribution in [0.3, 0.4) is 0 Å². The Morgan fingerprint density at radius 1 is 1.36 bits per heavy atom. The lowest BCUT2D eigenvalue weighted by Gasteiger charge is -2.22. The molecule has 25 heavy (non-hydrogen) atoms. The van der Waals surface area contributed by atoms with E-state index in [2.05, 4.69) is 39.2 Å². The molecule has 0 spiro atoms. The number of carbonyl (C=O) groups excluding carboxylic acids is 1. The maximum atomic E-state index is 12.5. The van der Waals surface area contributed by atoms with Crippen molar-refractivity contribution < 1.29 is 9.21 Å². The third-order valence-electron chi connectivity index (χ3n) is 4.50. The zero-order valence-corrected chi connectivity index (χ0v) is 15.0. The van der Waals surface area contributed by atoms with Crippen molar-refractivity contribution in [2.45, 2.75) is 19.5 Å². The monoisotopic (exact) mass is 343 g/mol. The number of aryl methyl sites for hydroxylation is 1. The van der Waals surface area contributed by atoms with Crippen molar-refractivity contribution in [1.29, 1.82) is 0 Å². The van der Waals surface area contributed by atoms with Gasteiger partial charge in [-0.25, -0.2) is 4.98 Å². The molecule has 0 bridgehead atoms. The number of nitrogens with zero attached hydrogens (tertiary/aromatic N) is 4. The summed E-state index contributed by atoms with van der Waals surface area (Å²) in [5, 5.41) is 3.13. The molecule has 1 amide bonds. The second kappa shape index (κ2) is 7.76. The minimum Gasteiger partial charge on any atom is -0.438 e. The summed E-state index contributed by atoms with van der Waals surface area (Å²) in [4.78, 5) is 25.4. The lowest BCUT2D eigenvalue weighted by atomic mass is 10.0. The van der Waals surface area contributed by atoms with Gasteiger partial charge in [0.25, 0.3) is 5.91 Å². The van der Waals surface area contributed by atoms with Crippen LogP contribution in [0.1, 0.15) is 21.9 Å². The molecule has 1 fully saturated rings. The molecule has 0 aliphatic carbocycles. The Morgan fingerprint density at radius 2 is 2.20 bits per heavy atom. The molecule has 3 rings (SSSR count). The standard InChI is InChI=1S/C18H25N5O2/c1-13-17(25-12-20-13)18(24)21-16-11-23(9-14(16)8-22(2)3)10-15-6-4-5-7-19-15/h4-7,12,14,16H,8-11H2,1-3H3,(H,21,24)/t14-,16-/m1/s1. The zero-order chi connectivity index (χ0) is 17.8. The number of rotatable bonds is 6. The van der Waals surface area contributed by atoms with E-state index in [0.29, 0.717) is 17.4 Å². The molecule has 1 saturated heterocycles. The van der Waals surface area contributed by atoms with Crippen LogP contribution in [0.5, 0.6) is 0 Å². The van der Waals surface area contributed by atoms with Gasteiger partial charge in [0.2, 0.25) is 5.76 Å². The number of aromatic nitrogens is 2. The molecular formula is C18H25N5O2. The van der Waals surface area contributed by atoms with Gasteiger partial charge in [-0.2, -0.15) is 0 Å². The fourth-order valence-electron chi connectivity index (χ4n) is 3.38. The zero-order valence-electron chi connectivity index (χ0n) is 15.0. The van der Waals surface area contributed by atoms with Crippen LogP contribution in [-0.4, -0.2) is 65.4 Å². The van der Waals surface area contributed by atoms with Crippen molar-refractivity contribution in [3.05, 3.63) is 47.9 Å². The molecule has 2 aromatic rings. The number of nitrogens with one attached hydrogen (secondary N) is 1. The van der Waals surface area contributed by atoms with Crippen LogP contribution < -0.4 is 5.32 Å². The summed E-state index contributed by atoms with van der Waals surface area (Å²) in [6, 6.07) is 6.03. The van der Waals surface area contributed by atoms with E-state index in [0.717, 1.165) is 31.9 Å². The molecule has 7 nitrogen and oxygen atoms in total. The number of oxazole rings is 1. The summed E-state index contributed by atoms with van der Waals surface area (Å²) < 4.78 is 5.22. The first-order valence-corrected chi connectivity index (χ1v) is 8.51. The molecule has 7 heteroatoms. The Bertz CT molecular complexity index is 701. The Kier molecular flexibility index (Phi) is 5.45. The lowest BCUT2D eigenvalue weighted by Crippen LogP contribution is -2.43. The summed E-state index contributed by atoms with van der Waals surface area (Å²) in [6.45, 7) is 5.21. The number of likely N-dealkylation sites (tertiary alicyclic amines) is 1. The van der Waals surface area contributed by atoms with Crippen LogP contribution in [0.2, 0.25) is 0 Å². The summed E-state index contributed by atoms with van der Waals surface area (Å²) in [7, 11) is 4.11. The van der Waals surface area contributed by atoms with Gasteiger partial charge in [0, 0.05) is 44.3 Å². The van der Waals surface area contributed by atoms with E-state index in [1.807, 2.05) is 24.4 Å². The first-order chi connectivity index (χ1) is 12.0. The van der Waals surface area contributed by atoms with Crippen molar-refractivity contribution in [3.8, 4) is 0 Å². The van der Waals surface area contributed by atoms with Crippen LogP contribution in [0.25, 0.3) is 0 Å². The fourth-order valence-corrected chi connectivity index (χ4v) is 3.38. The third-order valence-corrected chi connectivity index (χ3v) is 4.50. The topological polar surface area (TPSA) is 74.5 Å². The summed E-state index contributed by atoms with van der Waals surface area (Å²) in [6.07, 6.45) is 3.12. The second-order valence-electron chi connectivity index (χ2n) is 6.88. The number of hydrogen-bond donors (Lipinski definition) is 1. The number of pyridine rings is 1. The normalized spacial score (nSPS) is 21.0. The van der Waals surface area contributed by atoms with E-state index in [4.69, 9.17) is 4.42 Å². The van der Waals surface area contributed by atoms with E-state index < -0.39 is 0 Å². The molecule has 1 aliphatic heterocycles. The van der Waals surface area contributed by atoms with E-state index in [-0.39, 0.29) is 11.9 Å². The molecule has 134 valence electrons. The molecule has 0 radical (unpaired) electrons. The largest absolute Gasteiger partial charge is 0.438 e. The maximum Gasteiger partial charge on any atom is 0.289 e. The molecule has 2 atom stereocenters. The van der Waals surface area contributed by atoms with E-state index >= 15 is 0 Å². The van der Waals surface area contributed by atoms with Gasteiger partial charge in [-0.3, -0.25) is 14.7 Å². The first-order valence-electron chi connectivity index (χ1n) is 8.51. The van der Waals surface area contributed by atoms with Crippen LogP contribution in [0.15, 0.2) is 35.2 Å². The maximum absolute atomic E-state index is 12.5. The highest BCUT2D eigenvalue weighted by atomic mass is 16.3. The summed E-state index contributed by atoms with van der Waals surface area (Å²) in [5.41, 5.74) is 1.66. The molecule has 0 aromatic carbocycles. The van der Waals surface area contributed by atoms with Crippen molar-refractivity contribution in [2.75, 3.05) is 33.7 Å². The van der Waals surface area contributed by atoms with Gasteiger partial charge in [-0.05, 0) is 33.2 Å². The minimum atomic E-state index is -0.191. The van der Waals surface area contributed by atoms with Gasteiger partial charge in [-0.1, -0.05) is 6.07 Å². The molecule has 3 heterocycles. The molecule has 2 aromatic heterocycles. The number of carbonyl (C=O) groups is 1. The van der Waals surface area contributed by atoms with Crippen molar-refractivity contribution >= 4 is 5.91 Å². The van der Waals surface area contributed by atoms with Crippen molar-refractivity contribution in [3.63, 3.8) is 0 Å². The lowest BCUT2D eigenvalue weighted by molar-refractivity contribution is 0.0897. The molecule has 0 unspecified atom stereocenters. The predicted octanol–water partition coefficient (Wildman–Crippen LogP) is 1.17. The minimum absolute atomic E-state index is 0.0723. The van der Waals surface area contributed by atoms with Gasteiger partial charge in [0.05, 0.1) is 11.4 Å². The van der Waals surface area contributed by atoms with Crippen LogP contribution in [-0.2, 0) is 6.54 Å². The molecule has 0 saturated carbocycles. The highest BCUT2D eigenvalue weighted by molar-refractivity contribution is 5.92. The fraction of sp³-hybridized carbons (Fsp3) is 0.500. The van der Waals surface area contributed by atoms with Gasteiger partial charge < -0.3 is 14.6 Å². The predicted molar refractivity (Wildman–Crippen MR) is 94.1 cm³/mol. The van der Waals surface area contributed by atoms with Crippen LogP contribution in [0.4, 0.5) is 0 Å². The van der Waals surface area contributed by atoms with Gasteiger partial charge >= 0.3 is 0 Å². The highest BCUT2D eigenvalue weighted by Gasteiger charge is 2.35. The number of hydrogen-bond acceptors (Lipinski definition) is 6. The summed E-state index contributed by atoms with van der Waals surface area (Å²) >= 11 is 0. The average molecular weight is 343 g/mol. The number of amides is 1. The van der Waals surface area contributed by atoms with E-state index in [1.165, 1.54) is 6.39 Å². The van der Waals surface area contributed by atoms with Crippen molar-refractivity contribution in [2.24, 2.45) is 5.92 Å². The van der Waals surface area contributed by atoms with Crippen LogP contribution >= 0.6 is 0 Å². The smallest absolute Gasteiger partial charge is 0.289 e. The Hall–Kier alpha value is -2.25. The highest BCUT2D eigenvalue weighted by Crippen LogP contribution is 2.20. The third kappa shape index (κ3) is 4.43. The SMILES string of the molecule is Cc1ncoc1C(=O)N[C@@H]1CN(Cc2ccccn2)C[C@H]1CN(C)C. The van der Waals surface area contributed by atoms with Crippen molar-refractivity contribution in [1.82, 2.24) is 25.1 Å². The van der Waals surface area contributed by atoms with E-state index in [9.17, 15) is 4.79 Å². The van der Waals surface area contributed by atoms with E-state index in [1.54, 1.807) is 6.92 Å². The van der Waals surface area contributed by atoms with Gasteiger partial charge in [-0.15, -0.1) is 0 Å². The van der Waals surface area contributed by atoms with Crippen LogP contribution in [0, 0.1) is 12.8 Å². The summed E-state index contributed by atoms with van der Waals surface area (Å²) in [5.74, 6) is 0.459. The quantitative estimate of drug-likeness (QED) is 0.849. The van der Waals surface area contributed by atoms with Gasteiger partial charge in [0.15, 0.2) is 6.39 Å². The Morgan fingerprint density at radius 3 is 2.84 bits per heavy atom. The van der Waals surface area contributed by atoms with Gasteiger partial charge in [0.1, 0.15) is 0 Å². The molecular weight excluding hydrogens is 318 g/mol. The first kappa shape index (κ1) is 17.6. The Labute approximate surface area is 148 Å².